The van der Waals surface area contributed by atoms with Gasteiger partial charge in [0, 0.05) is 25.8 Å². The molecular weight excluding hydrogens is 224 g/mol. The SMILES string of the molecule is COC[C@@H]1C(=O)CCN1N=C(C)CC(=O)OC. The molecule has 0 aromatic heterocycles. The van der Waals surface area contributed by atoms with Crippen molar-refractivity contribution >= 4 is 17.5 Å². The number of ketones is 1. The van der Waals surface area contributed by atoms with E-state index in [-0.39, 0.29) is 24.2 Å². The summed E-state index contributed by atoms with van der Waals surface area (Å²) in [5, 5.41) is 5.95. The van der Waals surface area contributed by atoms with Crippen molar-refractivity contribution in [1.29, 1.82) is 0 Å². The first-order chi connectivity index (χ1) is 8.08. The summed E-state index contributed by atoms with van der Waals surface area (Å²) in [6.45, 7) is 2.64. The van der Waals surface area contributed by atoms with Crippen molar-refractivity contribution in [3.05, 3.63) is 0 Å². The number of esters is 1. The van der Waals surface area contributed by atoms with Crippen molar-refractivity contribution < 1.29 is 19.1 Å². The van der Waals surface area contributed by atoms with Crippen LogP contribution < -0.4 is 0 Å². The number of nitrogens with zero attached hydrogens (tertiary/aromatic N) is 2. The van der Waals surface area contributed by atoms with E-state index < -0.39 is 0 Å². The summed E-state index contributed by atoms with van der Waals surface area (Å²) in [6.07, 6.45) is 0.615. The van der Waals surface area contributed by atoms with Crippen LogP contribution in [0.15, 0.2) is 5.10 Å². The smallest absolute Gasteiger partial charge is 0.311 e. The van der Waals surface area contributed by atoms with Gasteiger partial charge in [-0.05, 0) is 6.92 Å². The van der Waals surface area contributed by atoms with Crippen LogP contribution in [0.1, 0.15) is 19.8 Å². The van der Waals surface area contributed by atoms with Crippen molar-refractivity contribution in [3.8, 4) is 0 Å². The summed E-state index contributed by atoms with van der Waals surface area (Å²) in [7, 11) is 2.89. The fourth-order valence-electron chi connectivity index (χ4n) is 1.71. The Morgan fingerprint density at radius 2 is 2.24 bits per heavy atom. The van der Waals surface area contributed by atoms with Gasteiger partial charge in [-0.2, -0.15) is 5.10 Å². The van der Waals surface area contributed by atoms with E-state index in [4.69, 9.17) is 4.74 Å². The van der Waals surface area contributed by atoms with E-state index in [9.17, 15) is 9.59 Å². The number of Topliss-reactive ketones (excluding diaryl/α,β-unsaturated/α-hetero) is 1. The predicted molar refractivity (Wildman–Crippen MR) is 61.7 cm³/mol. The monoisotopic (exact) mass is 242 g/mol. The van der Waals surface area contributed by atoms with Crippen LogP contribution in [-0.4, -0.2) is 55.9 Å². The number of hydrazone groups is 1. The summed E-state index contributed by atoms with van der Waals surface area (Å²) in [5.74, 6) is -0.207. The Hall–Kier alpha value is -1.43. The number of carbonyl (C=O) groups excluding carboxylic acids is 2. The fourth-order valence-corrected chi connectivity index (χ4v) is 1.71. The van der Waals surface area contributed by atoms with Gasteiger partial charge in [0.15, 0.2) is 5.78 Å². The molecule has 96 valence electrons. The average molecular weight is 242 g/mol. The number of hydrogen-bond acceptors (Lipinski definition) is 6. The molecular formula is C11H18N2O4. The quantitative estimate of drug-likeness (QED) is 0.509. The van der Waals surface area contributed by atoms with E-state index in [2.05, 4.69) is 9.84 Å². The second kappa shape index (κ2) is 6.34. The lowest BCUT2D eigenvalue weighted by Crippen LogP contribution is -2.34. The van der Waals surface area contributed by atoms with Gasteiger partial charge >= 0.3 is 5.97 Å². The Labute approximate surface area is 101 Å². The van der Waals surface area contributed by atoms with Gasteiger partial charge in [-0.25, -0.2) is 0 Å². The van der Waals surface area contributed by atoms with E-state index in [1.54, 1.807) is 19.0 Å². The molecule has 1 saturated heterocycles. The number of rotatable bonds is 5. The maximum absolute atomic E-state index is 11.6. The number of hydrogen-bond donors (Lipinski definition) is 0. The van der Waals surface area contributed by atoms with Gasteiger partial charge in [-0.3, -0.25) is 14.6 Å². The number of carbonyl (C=O) groups is 2. The molecule has 6 heteroatoms. The summed E-state index contributed by atoms with van der Waals surface area (Å²) < 4.78 is 9.54. The van der Waals surface area contributed by atoms with E-state index >= 15 is 0 Å². The van der Waals surface area contributed by atoms with Crippen molar-refractivity contribution in [3.63, 3.8) is 0 Å². The summed E-state index contributed by atoms with van der Waals surface area (Å²) >= 11 is 0. The lowest BCUT2D eigenvalue weighted by atomic mass is 10.2. The van der Waals surface area contributed by atoms with Gasteiger partial charge in [0.2, 0.25) is 0 Å². The second-order valence-electron chi connectivity index (χ2n) is 3.94. The molecule has 1 aliphatic rings. The van der Waals surface area contributed by atoms with Crippen molar-refractivity contribution in [2.75, 3.05) is 27.4 Å². The maximum Gasteiger partial charge on any atom is 0.311 e. The van der Waals surface area contributed by atoms with E-state index in [1.165, 1.54) is 7.11 Å². The van der Waals surface area contributed by atoms with Crippen molar-refractivity contribution in [2.45, 2.75) is 25.8 Å². The highest BCUT2D eigenvalue weighted by Gasteiger charge is 2.31. The van der Waals surface area contributed by atoms with Crippen LogP contribution in [0.25, 0.3) is 0 Å². The predicted octanol–water partition coefficient (Wildman–Crippen LogP) is 0.215. The average Bonchev–Trinajstić information content (AvgIpc) is 2.61. The first-order valence-corrected chi connectivity index (χ1v) is 5.47. The zero-order valence-electron chi connectivity index (χ0n) is 10.4. The van der Waals surface area contributed by atoms with Gasteiger partial charge in [0.1, 0.15) is 6.04 Å². The summed E-state index contributed by atoms with van der Waals surface area (Å²) in [4.78, 5) is 22.6. The molecule has 0 amide bonds. The largest absolute Gasteiger partial charge is 0.469 e. The molecule has 1 fully saturated rings. The normalized spacial score (nSPS) is 20.9. The topological polar surface area (TPSA) is 68.2 Å². The fraction of sp³-hybridized carbons (Fsp3) is 0.727. The highest BCUT2D eigenvalue weighted by molar-refractivity contribution is 5.97. The zero-order valence-corrected chi connectivity index (χ0v) is 10.4. The lowest BCUT2D eigenvalue weighted by molar-refractivity contribution is -0.139. The molecule has 0 aromatic carbocycles. The van der Waals surface area contributed by atoms with Gasteiger partial charge in [0.25, 0.3) is 0 Å². The molecule has 0 bridgehead atoms. The second-order valence-corrected chi connectivity index (χ2v) is 3.94. The molecule has 0 N–H and O–H groups in total. The molecule has 1 rings (SSSR count). The first-order valence-electron chi connectivity index (χ1n) is 5.47. The van der Waals surface area contributed by atoms with Gasteiger partial charge < -0.3 is 9.47 Å². The molecule has 0 saturated carbocycles. The minimum Gasteiger partial charge on any atom is -0.469 e. The van der Waals surface area contributed by atoms with Crippen LogP contribution >= 0.6 is 0 Å². The Balaban J connectivity index is 2.62. The Morgan fingerprint density at radius 1 is 1.53 bits per heavy atom. The van der Waals surface area contributed by atoms with Crippen LogP contribution in [0, 0.1) is 0 Å². The summed E-state index contributed by atoms with van der Waals surface area (Å²) in [6, 6.07) is -0.326. The molecule has 1 atom stereocenters. The summed E-state index contributed by atoms with van der Waals surface area (Å²) in [5.41, 5.74) is 0.632. The molecule has 0 aliphatic carbocycles. The van der Waals surface area contributed by atoms with Crippen molar-refractivity contribution in [2.24, 2.45) is 5.10 Å². The van der Waals surface area contributed by atoms with Gasteiger partial charge in [0.05, 0.1) is 20.1 Å². The van der Waals surface area contributed by atoms with Crippen LogP contribution in [0.5, 0.6) is 0 Å². The standard InChI is InChI=1S/C11H18N2O4/c1-8(6-11(15)17-3)12-13-5-4-10(14)9(13)7-16-2/h9H,4-7H2,1-3H3/t9-/m1/s1. The molecule has 1 heterocycles. The minimum absolute atomic E-state index is 0.126. The number of ether oxygens (including phenoxy) is 2. The number of methoxy groups -OCH3 is 2. The van der Waals surface area contributed by atoms with Gasteiger partial charge in [-0.15, -0.1) is 0 Å². The molecule has 0 radical (unpaired) electrons. The van der Waals surface area contributed by atoms with E-state index in [1.807, 2.05) is 0 Å². The van der Waals surface area contributed by atoms with Crippen molar-refractivity contribution in [1.82, 2.24) is 5.01 Å². The molecule has 17 heavy (non-hydrogen) atoms. The van der Waals surface area contributed by atoms with Crippen LogP contribution in [0.3, 0.4) is 0 Å². The third-order valence-corrected chi connectivity index (χ3v) is 2.57. The molecule has 1 aliphatic heterocycles. The molecule has 0 spiro atoms. The maximum atomic E-state index is 11.6. The van der Waals surface area contributed by atoms with Crippen LogP contribution in [-0.2, 0) is 19.1 Å². The van der Waals surface area contributed by atoms with Gasteiger partial charge in [-0.1, -0.05) is 0 Å². The zero-order chi connectivity index (χ0) is 12.8. The first kappa shape index (κ1) is 13.6. The molecule has 6 nitrogen and oxygen atoms in total. The third kappa shape index (κ3) is 3.81. The van der Waals surface area contributed by atoms with E-state index in [0.29, 0.717) is 25.3 Å². The Morgan fingerprint density at radius 3 is 2.82 bits per heavy atom. The van der Waals surface area contributed by atoms with Crippen LogP contribution in [0.4, 0.5) is 0 Å². The molecule has 0 unspecified atom stereocenters. The third-order valence-electron chi connectivity index (χ3n) is 2.57. The molecule has 0 aromatic rings. The Bertz CT molecular complexity index is 327. The highest BCUT2D eigenvalue weighted by atomic mass is 16.5. The van der Waals surface area contributed by atoms with Crippen LogP contribution in [0.2, 0.25) is 0 Å². The van der Waals surface area contributed by atoms with E-state index in [0.717, 1.165) is 0 Å². The highest BCUT2D eigenvalue weighted by Crippen LogP contribution is 2.15. The minimum atomic E-state index is -0.333. The lowest BCUT2D eigenvalue weighted by Gasteiger charge is -2.20. The Kier molecular flexibility index (Phi) is 5.09.